The van der Waals surface area contributed by atoms with E-state index < -0.39 is 39.8 Å². The third-order valence-corrected chi connectivity index (χ3v) is 10.2. The third kappa shape index (κ3) is 11.4. The lowest BCUT2D eigenvalue weighted by atomic mass is 9.94. The summed E-state index contributed by atoms with van der Waals surface area (Å²) in [7, 11) is -3.48. The lowest BCUT2D eigenvalue weighted by Gasteiger charge is -2.31. The highest BCUT2D eigenvalue weighted by atomic mass is 32.2. The van der Waals surface area contributed by atoms with E-state index in [2.05, 4.69) is 29.4 Å². The molecule has 0 aromatic heterocycles. The van der Waals surface area contributed by atoms with Crippen molar-refractivity contribution >= 4 is 32.4 Å². The maximum Gasteiger partial charge on any atom is 0.242 e. The van der Waals surface area contributed by atoms with Crippen LogP contribution in [0, 0.1) is 11.8 Å². The normalized spacial score (nSPS) is 17.2. The third-order valence-electron chi connectivity index (χ3n) is 8.45. The number of fused-ring (bicyclic) bond motifs is 1. The Morgan fingerprint density at radius 1 is 0.977 bits per heavy atom. The van der Waals surface area contributed by atoms with Crippen molar-refractivity contribution in [2.24, 2.45) is 11.8 Å². The molecule has 2 aromatic carbocycles. The van der Waals surface area contributed by atoms with Crippen LogP contribution in [-0.2, 0) is 30.6 Å². The predicted octanol–water partition coefficient (Wildman–Crippen LogP) is 3.72. The van der Waals surface area contributed by atoms with E-state index in [1.165, 1.54) is 0 Å². The Morgan fingerprint density at radius 2 is 1.68 bits per heavy atom. The van der Waals surface area contributed by atoms with Gasteiger partial charge in [-0.2, -0.15) is 0 Å². The second kappa shape index (κ2) is 17.8. The zero-order chi connectivity index (χ0) is 32.1. The van der Waals surface area contributed by atoms with Crippen molar-refractivity contribution in [2.75, 3.05) is 44.4 Å². The van der Waals surface area contributed by atoms with E-state index in [4.69, 9.17) is 4.74 Å². The van der Waals surface area contributed by atoms with Gasteiger partial charge in [-0.05, 0) is 47.9 Å². The van der Waals surface area contributed by atoms with Crippen molar-refractivity contribution in [3.63, 3.8) is 0 Å². The number of morpholine rings is 1. The number of sulfone groups is 1. The number of aliphatic hydroxyl groups is 1. The fourth-order valence-electron chi connectivity index (χ4n) is 5.80. The van der Waals surface area contributed by atoms with Crippen LogP contribution in [0.1, 0.15) is 65.4 Å². The van der Waals surface area contributed by atoms with Gasteiger partial charge in [-0.15, -0.1) is 0 Å². The number of ether oxygens (including phenoxy) is 1. The first-order valence-corrected chi connectivity index (χ1v) is 18.1. The molecule has 0 aliphatic carbocycles. The number of benzene rings is 2. The van der Waals surface area contributed by atoms with Gasteiger partial charge >= 0.3 is 0 Å². The van der Waals surface area contributed by atoms with Crippen molar-refractivity contribution in [3.8, 4) is 0 Å². The molecule has 0 radical (unpaired) electrons. The Balaban J connectivity index is 1.77. The second-order valence-electron chi connectivity index (χ2n) is 12.5. The number of unbranched alkanes of at least 4 members (excludes halogenated alkanes) is 1. The minimum absolute atomic E-state index is 0.0642. The summed E-state index contributed by atoms with van der Waals surface area (Å²) in [5.41, 5.74) is 0.893. The Morgan fingerprint density at radius 3 is 2.36 bits per heavy atom. The summed E-state index contributed by atoms with van der Waals surface area (Å²) in [6.45, 7) is 11.4. The van der Waals surface area contributed by atoms with E-state index in [0.29, 0.717) is 45.4 Å². The zero-order valence-corrected chi connectivity index (χ0v) is 27.8. The minimum Gasteiger partial charge on any atom is -0.391 e. The number of nitrogens with one attached hydrogen (secondary N) is 2. The van der Waals surface area contributed by atoms with E-state index in [1.54, 1.807) is 6.92 Å². The molecular weight excluding hydrogens is 578 g/mol. The van der Waals surface area contributed by atoms with Crippen LogP contribution >= 0.6 is 0 Å². The summed E-state index contributed by atoms with van der Waals surface area (Å²) < 4.78 is 30.9. The number of carbonyl (C=O) groups is 2. The minimum atomic E-state index is -3.48. The van der Waals surface area contributed by atoms with Crippen LogP contribution in [0.4, 0.5) is 0 Å². The largest absolute Gasteiger partial charge is 0.391 e. The molecule has 1 fully saturated rings. The molecule has 4 atom stereocenters. The molecule has 2 aromatic rings. The number of hydrogen-bond acceptors (Lipinski definition) is 7. The Labute approximate surface area is 264 Å². The number of rotatable bonds is 18. The highest BCUT2D eigenvalue weighted by Gasteiger charge is 2.31. The first-order chi connectivity index (χ1) is 21.0. The monoisotopic (exact) mass is 631 g/mol. The van der Waals surface area contributed by atoms with Gasteiger partial charge in [-0.1, -0.05) is 83.0 Å². The summed E-state index contributed by atoms with van der Waals surface area (Å²) in [6.07, 6.45) is 2.60. The fraction of sp³-hybridized carbons (Fsp3) is 0.647. The van der Waals surface area contributed by atoms with Crippen LogP contribution < -0.4 is 10.6 Å². The van der Waals surface area contributed by atoms with Gasteiger partial charge < -0.3 is 20.5 Å². The van der Waals surface area contributed by atoms with Gasteiger partial charge in [0.25, 0.3) is 0 Å². The fourth-order valence-corrected chi connectivity index (χ4v) is 6.92. The van der Waals surface area contributed by atoms with Crippen molar-refractivity contribution in [1.82, 2.24) is 15.5 Å². The number of carbonyl (C=O) groups excluding carboxylic acids is 2. The highest BCUT2D eigenvalue weighted by Crippen LogP contribution is 2.23. The topological polar surface area (TPSA) is 125 Å². The molecule has 1 saturated heterocycles. The Hall–Kier alpha value is -2.53. The molecule has 0 unspecified atom stereocenters. The lowest BCUT2D eigenvalue weighted by Crippen LogP contribution is -2.54. The highest BCUT2D eigenvalue weighted by molar-refractivity contribution is 7.91. The predicted molar refractivity (Wildman–Crippen MR) is 176 cm³/mol. The van der Waals surface area contributed by atoms with Crippen LogP contribution in [0.5, 0.6) is 0 Å². The summed E-state index contributed by atoms with van der Waals surface area (Å²) in [5, 5.41) is 19.1. The van der Waals surface area contributed by atoms with Crippen LogP contribution in [-0.4, -0.2) is 92.8 Å². The van der Waals surface area contributed by atoms with Crippen LogP contribution in [0.15, 0.2) is 42.5 Å². The molecule has 3 rings (SSSR count). The van der Waals surface area contributed by atoms with E-state index >= 15 is 0 Å². The average Bonchev–Trinajstić information content (AvgIpc) is 3.01. The second-order valence-corrected chi connectivity index (χ2v) is 14.9. The van der Waals surface area contributed by atoms with Gasteiger partial charge in [0.05, 0.1) is 37.0 Å². The zero-order valence-electron chi connectivity index (χ0n) is 27.0. The summed E-state index contributed by atoms with van der Waals surface area (Å²) in [6, 6.07) is 12.4. The Bertz CT molecular complexity index is 1290. The van der Waals surface area contributed by atoms with Gasteiger partial charge in [0.2, 0.25) is 11.8 Å². The molecule has 10 heteroatoms. The van der Waals surface area contributed by atoms with Crippen molar-refractivity contribution < 1.29 is 27.9 Å². The first-order valence-electron chi connectivity index (χ1n) is 16.3. The molecule has 1 heterocycles. The van der Waals surface area contributed by atoms with E-state index in [9.17, 15) is 23.1 Å². The molecule has 9 nitrogen and oxygen atoms in total. The SMILES string of the molecule is CCCC[C@H](NC(=O)[C@H](Cc1cccc2ccccc12)CS(=O)(=O)CC)C(=O)N[C@@H](CC(C)C)[C@@H](O)CCN1CCOCC1. The number of amides is 2. The van der Waals surface area contributed by atoms with Crippen LogP contribution in [0.2, 0.25) is 0 Å². The van der Waals surface area contributed by atoms with Gasteiger partial charge in [-0.25, -0.2) is 8.42 Å². The smallest absolute Gasteiger partial charge is 0.242 e. The maximum atomic E-state index is 13.8. The standard InChI is InChI=1S/C34H53N3O6S/c1-5-7-15-30(34(40)36-31(22-25(3)4)32(38)16-17-37-18-20-43-21-19-37)35-33(39)28(24-44(41,42)6-2)23-27-13-10-12-26-11-8-9-14-29(26)27/h8-14,25,28,30-32,38H,5-7,15-24H2,1-4H3,(H,35,39)(H,36,40)/t28-,30+,31+,32+/m1/s1. The van der Waals surface area contributed by atoms with Crippen molar-refractivity contribution in [2.45, 2.75) is 84.4 Å². The van der Waals surface area contributed by atoms with Gasteiger partial charge in [-0.3, -0.25) is 14.5 Å². The molecule has 1 aliphatic rings. The van der Waals surface area contributed by atoms with E-state index in [0.717, 1.165) is 35.8 Å². The molecular formula is C34H53N3O6S. The molecule has 246 valence electrons. The summed E-state index contributed by atoms with van der Waals surface area (Å²) >= 11 is 0. The number of aliphatic hydroxyl groups excluding tert-OH is 1. The van der Waals surface area contributed by atoms with Gasteiger partial charge in [0.1, 0.15) is 6.04 Å². The first kappa shape index (κ1) is 35.9. The molecule has 2 amide bonds. The summed E-state index contributed by atoms with van der Waals surface area (Å²) in [4.78, 5) is 29.8. The molecule has 44 heavy (non-hydrogen) atoms. The number of hydrogen-bond donors (Lipinski definition) is 3. The van der Waals surface area contributed by atoms with Crippen LogP contribution in [0.25, 0.3) is 10.8 Å². The Kier molecular flexibility index (Phi) is 14.6. The maximum absolute atomic E-state index is 13.8. The van der Waals surface area contributed by atoms with E-state index in [-0.39, 0.29) is 29.8 Å². The van der Waals surface area contributed by atoms with Crippen molar-refractivity contribution in [3.05, 3.63) is 48.0 Å². The molecule has 0 bridgehead atoms. The van der Waals surface area contributed by atoms with E-state index in [1.807, 2.05) is 49.4 Å². The van der Waals surface area contributed by atoms with Gasteiger partial charge in [0, 0.05) is 25.4 Å². The lowest BCUT2D eigenvalue weighted by molar-refractivity contribution is -0.131. The van der Waals surface area contributed by atoms with Gasteiger partial charge in [0.15, 0.2) is 9.84 Å². The molecule has 0 spiro atoms. The molecule has 3 N–H and O–H groups in total. The molecule has 0 saturated carbocycles. The summed E-state index contributed by atoms with van der Waals surface area (Å²) in [5.74, 6) is -1.76. The van der Waals surface area contributed by atoms with Crippen molar-refractivity contribution in [1.29, 1.82) is 0 Å². The quantitative estimate of drug-likeness (QED) is 0.229. The number of nitrogens with zero attached hydrogens (tertiary/aromatic N) is 1. The average molecular weight is 632 g/mol. The van der Waals surface area contributed by atoms with Crippen LogP contribution in [0.3, 0.4) is 0 Å². The molecule has 1 aliphatic heterocycles.